The summed E-state index contributed by atoms with van der Waals surface area (Å²) in [5.74, 6) is -0.858. The quantitative estimate of drug-likeness (QED) is 0.456. The molecular weight excluding hydrogens is 212 g/mol. The Balaban J connectivity index is 4.48. The Morgan fingerprint density at radius 2 is 1.31 bits per heavy atom. The summed E-state index contributed by atoms with van der Waals surface area (Å²) >= 11 is 0. The van der Waals surface area contributed by atoms with Crippen LogP contribution >= 0.6 is 0 Å². The van der Waals surface area contributed by atoms with E-state index >= 15 is 0 Å². The first-order chi connectivity index (χ1) is 7.58. The second-order valence-electron chi connectivity index (χ2n) is 2.74. The summed E-state index contributed by atoms with van der Waals surface area (Å²) < 4.78 is 9.93. The molecule has 16 heavy (non-hydrogen) atoms. The van der Waals surface area contributed by atoms with E-state index in [9.17, 15) is 9.59 Å². The molecule has 0 radical (unpaired) electrons. The molecule has 2 unspecified atom stereocenters. The highest BCUT2D eigenvalue weighted by Crippen LogP contribution is 1.96. The molecule has 0 saturated carbocycles. The van der Waals surface area contributed by atoms with Gasteiger partial charge in [-0.25, -0.2) is 0 Å². The Labute approximate surface area is 94.3 Å². The van der Waals surface area contributed by atoms with Gasteiger partial charge >= 0.3 is 0 Å². The molecule has 2 amide bonds. The van der Waals surface area contributed by atoms with Crippen LogP contribution < -0.4 is 10.6 Å². The average molecular weight is 228 g/mol. The fraction of sp³-hybridized carbons (Fsp3) is 0.400. The lowest BCUT2D eigenvalue weighted by molar-refractivity contribution is -0.133. The fourth-order valence-electron chi connectivity index (χ4n) is 0.915. The van der Waals surface area contributed by atoms with Crippen molar-refractivity contribution in [3.63, 3.8) is 0 Å². The van der Waals surface area contributed by atoms with Gasteiger partial charge in [0.1, 0.15) is 0 Å². The van der Waals surface area contributed by atoms with Crippen LogP contribution in [0, 0.1) is 0 Å². The molecular formula is C10H16N2O4. The molecule has 0 aromatic rings. The minimum atomic E-state index is -0.806. The van der Waals surface area contributed by atoms with Gasteiger partial charge in [0.25, 0.3) is 0 Å². The first kappa shape index (κ1) is 14.3. The highest BCUT2D eigenvalue weighted by atomic mass is 16.5. The van der Waals surface area contributed by atoms with E-state index in [2.05, 4.69) is 23.8 Å². The molecule has 0 heterocycles. The molecule has 0 rings (SSSR count). The van der Waals surface area contributed by atoms with Crippen molar-refractivity contribution in [3.8, 4) is 0 Å². The van der Waals surface area contributed by atoms with Crippen molar-refractivity contribution in [3.05, 3.63) is 25.3 Å². The van der Waals surface area contributed by atoms with Crippen molar-refractivity contribution in [2.24, 2.45) is 0 Å². The van der Waals surface area contributed by atoms with Gasteiger partial charge in [-0.1, -0.05) is 13.2 Å². The van der Waals surface area contributed by atoms with Gasteiger partial charge in [0.05, 0.1) is 0 Å². The number of rotatable bonds is 7. The van der Waals surface area contributed by atoms with Crippen molar-refractivity contribution in [2.75, 3.05) is 14.2 Å². The zero-order valence-corrected chi connectivity index (χ0v) is 9.36. The largest absolute Gasteiger partial charge is 0.357 e. The molecule has 0 aliphatic carbocycles. The fourth-order valence-corrected chi connectivity index (χ4v) is 0.915. The van der Waals surface area contributed by atoms with E-state index in [0.29, 0.717) is 0 Å². The molecule has 0 aromatic carbocycles. The van der Waals surface area contributed by atoms with Crippen LogP contribution in [0.5, 0.6) is 0 Å². The van der Waals surface area contributed by atoms with E-state index in [-0.39, 0.29) is 0 Å². The minimum absolute atomic E-state index is 0.429. The standard InChI is InChI=1S/C10H16N2O4/c1-5-7(13)11-9(15-3)10(16-4)12-8(14)6-2/h5-6,9-10H,1-2H2,3-4H3,(H,11,13)(H,12,14). The third-order valence-electron chi connectivity index (χ3n) is 1.72. The Morgan fingerprint density at radius 1 is 1.00 bits per heavy atom. The van der Waals surface area contributed by atoms with Gasteiger partial charge in [-0.05, 0) is 12.2 Å². The predicted molar refractivity (Wildman–Crippen MR) is 58.3 cm³/mol. The molecule has 6 heteroatoms. The number of methoxy groups -OCH3 is 2. The monoisotopic (exact) mass is 228 g/mol. The number of carbonyl (C=O) groups is 2. The number of amides is 2. The van der Waals surface area contributed by atoms with Crippen molar-refractivity contribution >= 4 is 11.8 Å². The lowest BCUT2D eigenvalue weighted by Gasteiger charge is -2.25. The van der Waals surface area contributed by atoms with Gasteiger partial charge in [-0.3, -0.25) is 9.59 Å². The molecule has 2 N–H and O–H groups in total. The van der Waals surface area contributed by atoms with Crippen LogP contribution in [0.3, 0.4) is 0 Å². The zero-order chi connectivity index (χ0) is 12.6. The van der Waals surface area contributed by atoms with E-state index in [4.69, 9.17) is 9.47 Å². The third kappa shape index (κ3) is 4.72. The maximum Gasteiger partial charge on any atom is 0.245 e. The van der Waals surface area contributed by atoms with Crippen molar-refractivity contribution < 1.29 is 19.1 Å². The molecule has 6 nitrogen and oxygen atoms in total. The Bertz CT molecular complexity index is 250. The highest BCUT2D eigenvalue weighted by Gasteiger charge is 2.22. The van der Waals surface area contributed by atoms with Crippen LogP contribution in [0.2, 0.25) is 0 Å². The summed E-state index contributed by atoms with van der Waals surface area (Å²) in [6, 6.07) is 0. The maximum absolute atomic E-state index is 11.1. The van der Waals surface area contributed by atoms with Crippen LogP contribution in [-0.2, 0) is 19.1 Å². The lowest BCUT2D eigenvalue weighted by Crippen LogP contribution is -2.53. The zero-order valence-electron chi connectivity index (χ0n) is 9.36. The Morgan fingerprint density at radius 3 is 1.50 bits per heavy atom. The number of hydrogen-bond donors (Lipinski definition) is 2. The van der Waals surface area contributed by atoms with Gasteiger partial charge in [0, 0.05) is 14.2 Å². The minimum Gasteiger partial charge on any atom is -0.357 e. The summed E-state index contributed by atoms with van der Waals surface area (Å²) in [5.41, 5.74) is 0. The second kappa shape index (κ2) is 7.61. The first-order valence-electron chi connectivity index (χ1n) is 4.50. The van der Waals surface area contributed by atoms with Crippen molar-refractivity contribution in [1.82, 2.24) is 10.6 Å². The third-order valence-corrected chi connectivity index (χ3v) is 1.72. The van der Waals surface area contributed by atoms with Gasteiger partial charge in [-0.15, -0.1) is 0 Å². The number of ether oxygens (including phenoxy) is 2. The SMILES string of the molecule is C=CC(=O)NC(OC)C(NC(=O)C=C)OC. The van der Waals surface area contributed by atoms with E-state index in [0.717, 1.165) is 12.2 Å². The smallest absolute Gasteiger partial charge is 0.245 e. The molecule has 0 spiro atoms. The van der Waals surface area contributed by atoms with E-state index in [1.54, 1.807) is 0 Å². The summed E-state index contributed by atoms with van der Waals surface area (Å²) in [5, 5.41) is 4.89. The van der Waals surface area contributed by atoms with Crippen LogP contribution in [0.25, 0.3) is 0 Å². The average Bonchev–Trinajstić information content (AvgIpc) is 2.32. The molecule has 0 bridgehead atoms. The normalized spacial score (nSPS) is 13.4. The van der Waals surface area contributed by atoms with E-state index in [1.165, 1.54) is 14.2 Å². The summed E-state index contributed by atoms with van der Waals surface area (Å²) in [6.07, 6.45) is 0.570. The second-order valence-corrected chi connectivity index (χ2v) is 2.74. The lowest BCUT2D eigenvalue weighted by atomic mass is 10.4. The summed E-state index contributed by atoms with van der Waals surface area (Å²) in [7, 11) is 2.75. The van der Waals surface area contributed by atoms with Crippen LogP contribution in [0.1, 0.15) is 0 Å². The van der Waals surface area contributed by atoms with Crippen LogP contribution in [-0.4, -0.2) is 38.5 Å². The van der Waals surface area contributed by atoms with Gasteiger partial charge in [-0.2, -0.15) is 0 Å². The van der Waals surface area contributed by atoms with Crippen molar-refractivity contribution in [2.45, 2.75) is 12.5 Å². The number of nitrogens with one attached hydrogen (secondary N) is 2. The van der Waals surface area contributed by atoms with Gasteiger partial charge in [0.15, 0.2) is 12.5 Å². The maximum atomic E-state index is 11.1. The molecule has 0 saturated heterocycles. The summed E-state index contributed by atoms with van der Waals surface area (Å²) in [4.78, 5) is 22.1. The van der Waals surface area contributed by atoms with Crippen molar-refractivity contribution in [1.29, 1.82) is 0 Å². The molecule has 0 fully saturated rings. The number of hydrogen-bond acceptors (Lipinski definition) is 4. The topological polar surface area (TPSA) is 76.7 Å². The molecule has 90 valence electrons. The number of carbonyl (C=O) groups excluding carboxylic acids is 2. The van der Waals surface area contributed by atoms with Crippen LogP contribution in [0.15, 0.2) is 25.3 Å². The van der Waals surface area contributed by atoms with E-state index < -0.39 is 24.3 Å². The summed E-state index contributed by atoms with van der Waals surface area (Å²) in [6.45, 7) is 6.60. The van der Waals surface area contributed by atoms with E-state index in [1.807, 2.05) is 0 Å². The molecule has 0 aliphatic heterocycles. The van der Waals surface area contributed by atoms with Crippen LogP contribution in [0.4, 0.5) is 0 Å². The molecule has 0 aromatic heterocycles. The highest BCUT2D eigenvalue weighted by molar-refractivity contribution is 5.88. The molecule has 0 aliphatic rings. The first-order valence-corrected chi connectivity index (χ1v) is 4.50. The predicted octanol–water partition coefficient (Wildman–Crippen LogP) is -0.464. The molecule has 2 atom stereocenters. The van der Waals surface area contributed by atoms with Gasteiger partial charge < -0.3 is 20.1 Å². The van der Waals surface area contributed by atoms with Gasteiger partial charge in [0.2, 0.25) is 11.8 Å². The Hall–Kier alpha value is -1.66. The Kier molecular flexibility index (Phi) is 6.82.